The molecule has 26 nitrogen and oxygen atoms in total. The normalized spacial score (nSPS) is 32.1. The van der Waals surface area contributed by atoms with Crippen LogP contribution < -0.4 is 16.0 Å². The second kappa shape index (κ2) is 37.2. The third kappa shape index (κ3) is 21.0. The van der Waals surface area contributed by atoms with Crippen LogP contribution in [0.1, 0.15) is 189 Å². The van der Waals surface area contributed by atoms with E-state index in [9.17, 15) is 50.3 Å². The molecule has 32 heteroatoms. The third-order valence-electron chi connectivity index (χ3n) is 25.3. The summed E-state index contributed by atoms with van der Waals surface area (Å²) < 4.78 is 97.1. The van der Waals surface area contributed by atoms with Gasteiger partial charge in [0, 0.05) is 89.1 Å². The van der Waals surface area contributed by atoms with Crippen molar-refractivity contribution in [2.24, 2.45) is 46.8 Å². The van der Waals surface area contributed by atoms with Crippen LogP contribution in [0.5, 0.6) is 0 Å². The molecule has 8 aliphatic rings. The summed E-state index contributed by atoms with van der Waals surface area (Å²) >= 11 is 0. The minimum absolute atomic E-state index is 0.0363. The van der Waals surface area contributed by atoms with Gasteiger partial charge >= 0.3 is 12.4 Å². The van der Waals surface area contributed by atoms with Gasteiger partial charge in [-0.1, -0.05) is 59.1 Å². The zero-order valence-electron chi connectivity index (χ0n) is 67.0. The van der Waals surface area contributed by atoms with Crippen LogP contribution in [0.2, 0.25) is 0 Å². The van der Waals surface area contributed by atoms with Gasteiger partial charge in [-0.05, 0) is 164 Å². The first-order valence-corrected chi connectivity index (χ1v) is 39.9. The first-order valence-electron chi connectivity index (χ1n) is 39.9. The van der Waals surface area contributed by atoms with E-state index in [0.717, 1.165) is 14.7 Å². The first-order chi connectivity index (χ1) is 51.6. The predicted molar refractivity (Wildman–Crippen MR) is 394 cm³/mol. The minimum Gasteiger partial charge on any atom is -0.381 e. The fourth-order valence-electron chi connectivity index (χ4n) is 18.5. The van der Waals surface area contributed by atoms with Crippen LogP contribution in [0, 0.1) is 46.8 Å². The Morgan fingerprint density at radius 1 is 0.645 bits per heavy atom. The average molecular weight is 1570 g/mol. The largest absolute Gasteiger partial charge is 0.394 e. The van der Waals surface area contributed by atoms with Crippen molar-refractivity contribution in [3.63, 3.8) is 0 Å². The molecule has 3 unspecified atom stereocenters. The van der Waals surface area contributed by atoms with Crippen molar-refractivity contribution in [1.29, 1.82) is 0 Å². The van der Waals surface area contributed by atoms with Gasteiger partial charge in [0.1, 0.15) is 53.9 Å². The summed E-state index contributed by atoms with van der Waals surface area (Å²) in [7, 11) is 11.0. The van der Waals surface area contributed by atoms with Crippen molar-refractivity contribution in [3.8, 4) is 0 Å². The van der Waals surface area contributed by atoms with Crippen molar-refractivity contribution in [3.05, 3.63) is 12.2 Å². The Morgan fingerprint density at radius 2 is 1.27 bits per heavy atom. The molecule has 110 heavy (non-hydrogen) atoms. The number of hydrogen-bond acceptors (Lipinski definition) is 14. The third-order valence-corrected chi connectivity index (χ3v) is 25.3. The maximum atomic E-state index is 15.9. The Hall–Kier alpha value is -7.12. The molecule has 7 fully saturated rings. The highest BCUT2D eigenvalue weighted by atomic mass is 19.4. The smallest absolute Gasteiger partial charge is 0.381 e. The van der Waals surface area contributed by atoms with Gasteiger partial charge in [-0.2, -0.15) is 26.3 Å². The summed E-state index contributed by atoms with van der Waals surface area (Å²) in [4.78, 5) is 194. The van der Waals surface area contributed by atoms with Crippen molar-refractivity contribution in [2.75, 3.05) is 95.8 Å². The monoisotopic (exact) mass is 1560 g/mol. The van der Waals surface area contributed by atoms with Gasteiger partial charge < -0.3 is 69.5 Å². The fraction of sp³-hybridized carbons (Fsp3) is 0.821. The standard InChI is InChI=1S/C78H122F6N12O14/c1-15-46(4)63-72(106)90(9)43-62(99)91(10)55-25-19-18-22-36-95(71(55)105)58(37-47-26-32-51(33-27-47)77(79,80)81)70(104)89(8)42-60(97)85-54(35-29-48-28-34-53(78(82,83)84)59(38-48)109-14)68(102)96-41-52(110-17-3)39-56(96)66(100)87-76(44-75(5,6)45-76)74(108)94(13)65(49-23-20-21-24-49)73(107)92(11)57(69(103)88(7)16-2)40-61(98)93(12)64(50-30-31-50)67(101)86-63/h18-19,46-59,63-65H,15-17,20-45H2,1-14H3,(H,85,97)(H,86,101)(H,87,100)/b19-18-/t46-,47?,48?,51?,52+,53?,54-,55-,56-,57-,58-,59?,63-,64-,65-/m0/s1. The molecule has 3 aliphatic heterocycles. The molecule has 12 amide bonds. The topological polar surface area (TPSA) is 289 Å². The molecule has 2 bridgehead atoms. The molecule has 13 atom stereocenters. The van der Waals surface area contributed by atoms with Gasteiger partial charge in [0.05, 0.1) is 43.6 Å². The lowest BCUT2D eigenvalue weighted by Gasteiger charge is -2.54. The van der Waals surface area contributed by atoms with E-state index < -0.39 is 210 Å². The Bertz CT molecular complexity index is 3340. The SMILES string of the molecule is CCO[C@@H]1C[C@H]2C(=O)NC3(CC(C)(C)C3)C(=O)N(C)[C@@H](C3CCCC3)C(=O)N(C)[C@H](C(=O)N(C)CC)CC(=O)N(C)[C@@H](C3CC3)C(=O)N[C@@H]([C@@H](C)CC)C(=O)N(C)CC(=O)N(C)[C@H]3C/C=C\CCN(C3=O)[C@@H](CC3CCC(C(F)(F)F)CC3)C(=O)N(C)CC(=O)N[C@@H](CCC3CCC(C(F)(F)F)C(OC)C3)C(=O)N2C1. The van der Waals surface area contributed by atoms with Gasteiger partial charge in [-0.3, -0.25) is 57.5 Å². The second-order valence-electron chi connectivity index (χ2n) is 33.7. The number of alkyl halides is 6. The number of carbonyl (C=O) groups is 12. The van der Waals surface area contributed by atoms with Gasteiger partial charge in [-0.25, -0.2) is 0 Å². The Balaban J connectivity index is 1.21. The van der Waals surface area contributed by atoms with E-state index in [4.69, 9.17) is 9.47 Å². The average Bonchev–Trinajstić information content (AvgIpc) is 1.01. The second-order valence-corrected chi connectivity index (χ2v) is 33.7. The number of amides is 12. The molecule has 3 N–H and O–H groups in total. The molecular formula is C78H122F6N12O14. The lowest BCUT2D eigenvalue weighted by Crippen LogP contribution is -2.71. The predicted octanol–water partition coefficient (Wildman–Crippen LogP) is 6.47. The summed E-state index contributed by atoms with van der Waals surface area (Å²) in [5.74, 6) is -14.4. The van der Waals surface area contributed by atoms with E-state index in [0.29, 0.717) is 44.9 Å². The summed E-state index contributed by atoms with van der Waals surface area (Å²) in [6.07, 6.45) is -5.11. The van der Waals surface area contributed by atoms with E-state index >= 15 is 33.6 Å². The van der Waals surface area contributed by atoms with Crippen LogP contribution >= 0.6 is 0 Å². The fourth-order valence-corrected chi connectivity index (χ4v) is 18.5. The lowest BCUT2D eigenvalue weighted by atomic mass is 9.58. The molecule has 3 heterocycles. The van der Waals surface area contributed by atoms with Gasteiger partial charge in [-0.15, -0.1) is 0 Å². The molecular weight excluding hydrogens is 1440 g/mol. The van der Waals surface area contributed by atoms with Crippen molar-refractivity contribution >= 4 is 70.9 Å². The van der Waals surface area contributed by atoms with Crippen LogP contribution in [0.4, 0.5) is 26.3 Å². The van der Waals surface area contributed by atoms with Crippen LogP contribution in [0.15, 0.2) is 12.2 Å². The van der Waals surface area contributed by atoms with Gasteiger partial charge in [0.2, 0.25) is 70.9 Å². The summed E-state index contributed by atoms with van der Waals surface area (Å²) in [6.45, 7) is 9.40. The van der Waals surface area contributed by atoms with Crippen LogP contribution in [0.3, 0.4) is 0 Å². The molecule has 1 spiro atoms. The number of hydrogen-bond donors (Lipinski definition) is 3. The number of nitrogens with zero attached hydrogens (tertiary/aromatic N) is 9. The Kier molecular flexibility index (Phi) is 29.9. The number of nitrogens with one attached hydrogen (secondary N) is 3. The highest BCUT2D eigenvalue weighted by molar-refractivity contribution is 6.01. The number of fused-ring (bicyclic) bond motifs is 3. The number of halogens is 6. The Morgan fingerprint density at radius 3 is 1.85 bits per heavy atom. The van der Waals surface area contributed by atoms with Crippen molar-refractivity contribution < 1.29 is 93.4 Å². The molecule has 2 saturated heterocycles. The minimum atomic E-state index is -4.57. The highest BCUT2D eigenvalue weighted by Crippen LogP contribution is 2.50. The maximum Gasteiger partial charge on any atom is 0.394 e. The number of methoxy groups -OCH3 is 1. The molecule has 5 aliphatic carbocycles. The number of rotatable bonds is 14. The zero-order chi connectivity index (χ0) is 81.4. The van der Waals surface area contributed by atoms with E-state index in [-0.39, 0.29) is 128 Å². The molecule has 5 saturated carbocycles. The van der Waals surface area contributed by atoms with Crippen LogP contribution in [0.25, 0.3) is 0 Å². The molecule has 8 rings (SSSR count). The maximum absolute atomic E-state index is 15.9. The summed E-state index contributed by atoms with van der Waals surface area (Å²) in [6, 6.07) is -10.8. The Labute approximate surface area is 644 Å². The van der Waals surface area contributed by atoms with E-state index in [1.807, 2.05) is 13.8 Å². The van der Waals surface area contributed by atoms with Gasteiger partial charge in [0.25, 0.3) is 0 Å². The summed E-state index contributed by atoms with van der Waals surface area (Å²) in [5, 5.41) is 8.76. The first kappa shape index (κ1) is 88.4. The molecule has 0 aromatic heterocycles. The number of ether oxygens (including phenoxy) is 2. The highest BCUT2D eigenvalue weighted by Gasteiger charge is 2.60. The molecule has 0 aromatic rings. The quantitative estimate of drug-likeness (QED) is 0.124. The van der Waals surface area contributed by atoms with E-state index in [1.54, 1.807) is 39.8 Å². The molecule has 0 aromatic carbocycles. The van der Waals surface area contributed by atoms with Crippen LogP contribution in [-0.2, 0) is 67.0 Å². The lowest BCUT2D eigenvalue weighted by molar-refractivity contribution is -0.215. The van der Waals surface area contributed by atoms with Crippen molar-refractivity contribution in [1.82, 2.24) is 60.0 Å². The van der Waals surface area contributed by atoms with E-state index in [1.165, 1.54) is 85.8 Å². The zero-order valence-corrected chi connectivity index (χ0v) is 67.0. The van der Waals surface area contributed by atoms with E-state index in [2.05, 4.69) is 16.0 Å². The number of carbonyl (C=O) groups excluding carboxylic acids is 12. The molecule has 0 radical (unpaired) electrons. The van der Waals surface area contributed by atoms with Crippen LogP contribution in [-0.4, -0.2) is 289 Å². The van der Waals surface area contributed by atoms with Crippen molar-refractivity contribution in [2.45, 2.75) is 268 Å². The number of likely N-dealkylation sites (N-methyl/N-ethyl adjacent to an activating group) is 7. The summed E-state index contributed by atoms with van der Waals surface area (Å²) in [5.41, 5.74) is -2.25. The van der Waals surface area contributed by atoms with Gasteiger partial charge in [0.15, 0.2) is 0 Å². The molecule has 620 valence electrons.